The molecule has 6 atom stereocenters. The Morgan fingerprint density at radius 2 is 1.05 bits per heavy atom. The molecule has 56 heavy (non-hydrogen) atoms. The van der Waals surface area contributed by atoms with E-state index >= 15 is 0 Å². The van der Waals surface area contributed by atoms with Crippen molar-refractivity contribution < 1.29 is 38.0 Å². The van der Waals surface area contributed by atoms with Crippen LogP contribution in [-0.2, 0) is 59.6 Å². The standard InChI is InChI=1S/C48H48O8/c1-34(39-23-24-41-28-42(50-2)26-25-40(41)27-39)47(49)56-48-46(54-32-38-21-13-6-14-22-38)45(53-31-37-19-11-5-12-20-37)44(52-30-36-17-9-4-10-18-36)43(55-48)33-51-29-35-15-7-3-8-16-35/h3-28,34,43-46,48H,29-33H2,1-2H3/t34-,43+,44+,45-,46+,48?/m0/s1. The normalized spacial score (nSPS) is 20.0. The van der Waals surface area contributed by atoms with Gasteiger partial charge in [0.25, 0.3) is 0 Å². The average molecular weight is 753 g/mol. The Balaban J connectivity index is 1.20. The summed E-state index contributed by atoms with van der Waals surface area (Å²) in [5, 5.41) is 2.00. The number of carbonyl (C=O) groups excluding carboxylic acids is 1. The van der Waals surface area contributed by atoms with Crippen LogP contribution in [0, 0.1) is 0 Å². The van der Waals surface area contributed by atoms with Gasteiger partial charge in [-0.05, 0) is 57.6 Å². The first-order valence-electron chi connectivity index (χ1n) is 19.1. The van der Waals surface area contributed by atoms with Crippen molar-refractivity contribution in [3.63, 3.8) is 0 Å². The van der Waals surface area contributed by atoms with Crippen molar-refractivity contribution >= 4 is 16.7 Å². The molecule has 1 saturated heterocycles. The summed E-state index contributed by atoms with van der Waals surface area (Å²) in [5.74, 6) is -0.292. The molecule has 8 heteroatoms. The van der Waals surface area contributed by atoms with Crippen molar-refractivity contribution in [2.45, 2.75) is 70.0 Å². The van der Waals surface area contributed by atoms with Gasteiger partial charge < -0.3 is 33.2 Å². The summed E-state index contributed by atoms with van der Waals surface area (Å²) < 4.78 is 45.0. The number of hydrogen-bond acceptors (Lipinski definition) is 8. The highest BCUT2D eigenvalue weighted by atomic mass is 16.7. The lowest BCUT2D eigenvalue weighted by molar-refractivity contribution is -0.320. The van der Waals surface area contributed by atoms with Gasteiger partial charge in [-0.25, -0.2) is 0 Å². The molecule has 1 heterocycles. The Kier molecular flexibility index (Phi) is 13.5. The van der Waals surface area contributed by atoms with E-state index in [4.69, 9.17) is 33.2 Å². The lowest BCUT2D eigenvalue weighted by Crippen LogP contribution is -2.62. The van der Waals surface area contributed by atoms with Gasteiger partial charge in [-0.2, -0.15) is 0 Å². The van der Waals surface area contributed by atoms with Gasteiger partial charge in [-0.3, -0.25) is 4.79 Å². The van der Waals surface area contributed by atoms with Crippen molar-refractivity contribution in [3.05, 3.63) is 186 Å². The van der Waals surface area contributed by atoms with E-state index in [1.54, 1.807) is 7.11 Å². The van der Waals surface area contributed by atoms with Crippen LogP contribution < -0.4 is 4.74 Å². The molecule has 6 aromatic rings. The Hall–Kier alpha value is -5.35. The quantitative estimate of drug-likeness (QED) is 0.0854. The smallest absolute Gasteiger partial charge is 0.315 e. The van der Waals surface area contributed by atoms with Crippen LogP contribution in [0.5, 0.6) is 5.75 Å². The minimum Gasteiger partial charge on any atom is -0.497 e. The van der Waals surface area contributed by atoms with Gasteiger partial charge >= 0.3 is 5.97 Å². The molecule has 1 unspecified atom stereocenters. The van der Waals surface area contributed by atoms with E-state index in [0.717, 1.165) is 44.3 Å². The highest BCUT2D eigenvalue weighted by molar-refractivity contribution is 5.86. The first-order valence-corrected chi connectivity index (χ1v) is 19.1. The SMILES string of the molecule is COc1ccc2cc([C@H](C)C(=O)OC3O[C@H](COCc4ccccc4)[C@@H](OCc4ccccc4)[C@H](OCc4ccccc4)[C@H]3OCc3ccccc3)ccc2c1. The third-order valence-corrected chi connectivity index (χ3v) is 10.00. The predicted molar refractivity (Wildman–Crippen MR) is 215 cm³/mol. The molecule has 1 aliphatic rings. The number of ether oxygens (including phenoxy) is 7. The van der Waals surface area contributed by atoms with Crippen molar-refractivity contribution in [2.75, 3.05) is 13.7 Å². The fourth-order valence-electron chi connectivity index (χ4n) is 6.83. The molecular weight excluding hydrogens is 705 g/mol. The van der Waals surface area contributed by atoms with Gasteiger partial charge in [-0.1, -0.05) is 146 Å². The van der Waals surface area contributed by atoms with Gasteiger partial charge in [0.15, 0.2) is 0 Å². The van der Waals surface area contributed by atoms with Crippen molar-refractivity contribution in [1.82, 2.24) is 0 Å². The summed E-state index contributed by atoms with van der Waals surface area (Å²) in [4.78, 5) is 14.2. The summed E-state index contributed by atoms with van der Waals surface area (Å²) in [6.45, 7) is 3.17. The number of carbonyl (C=O) groups is 1. The van der Waals surface area contributed by atoms with Crippen LogP contribution in [0.25, 0.3) is 10.8 Å². The Bertz CT molecular complexity index is 2090. The number of benzene rings is 6. The van der Waals surface area contributed by atoms with E-state index in [1.165, 1.54) is 0 Å². The van der Waals surface area contributed by atoms with Crippen LogP contribution in [0.4, 0.5) is 0 Å². The molecule has 1 aliphatic heterocycles. The summed E-state index contributed by atoms with van der Waals surface area (Å²) in [6, 6.07) is 51.5. The maximum Gasteiger partial charge on any atom is 0.315 e. The molecule has 0 saturated carbocycles. The van der Waals surface area contributed by atoms with Gasteiger partial charge in [0.05, 0.1) is 46.1 Å². The molecule has 288 valence electrons. The fourth-order valence-corrected chi connectivity index (χ4v) is 6.83. The molecule has 0 amide bonds. The first kappa shape index (κ1) is 38.9. The maximum absolute atomic E-state index is 14.2. The van der Waals surface area contributed by atoms with E-state index in [1.807, 2.05) is 165 Å². The number of rotatable bonds is 17. The Morgan fingerprint density at radius 1 is 0.571 bits per heavy atom. The van der Waals surface area contributed by atoms with Crippen LogP contribution in [0.3, 0.4) is 0 Å². The summed E-state index contributed by atoms with van der Waals surface area (Å²) in [6.07, 6.45) is -4.04. The summed E-state index contributed by atoms with van der Waals surface area (Å²) in [5.41, 5.74) is 4.77. The van der Waals surface area contributed by atoms with Crippen LogP contribution in [-0.4, -0.2) is 50.4 Å². The Morgan fingerprint density at radius 3 is 1.61 bits per heavy atom. The Labute approximate surface area is 328 Å². The highest BCUT2D eigenvalue weighted by Crippen LogP contribution is 2.33. The predicted octanol–water partition coefficient (Wildman–Crippen LogP) is 9.19. The number of fused-ring (bicyclic) bond motifs is 1. The van der Waals surface area contributed by atoms with Gasteiger partial charge in [0.1, 0.15) is 30.2 Å². The minimum absolute atomic E-state index is 0.155. The lowest BCUT2D eigenvalue weighted by Gasteiger charge is -2.45. The monoisotopic (exact) mass is 752 g/mol. The third-order valence-electron chi connectivity index (χ3n) is 10.00. The van der Waals surface area contributed by atoms with Crippen LogP contribution >= 0.6 is 0 Å². The molecule has 7 rings (SSSR count). The van der Waals surface area contributed by atoms with Crippen LogP contribution in [0.2, 0.25) is 0 Å². The number of methoxy groups -OCH3 is 1. The first-order chi connectivity index (χ1) is 27.5. The van der Waals surface area contributed by atoms with E-state index in [-0.39, 0.29) is 19.8 Å². The largest absolute Gasteiger partial charge is 0.497 e. The second kappa shape index (κ2) is 19.5. The topological polar surface area (TPSA) is 81.7 Å². The van der Waals surface area contributed by atoms with Crippen molar-refractivity contribution in [1.29, 1.82) is 0 Å². The molecule has 1 fully saturated rings. The molecule has 0 spiro atoms. The number of hydrogen-bond donors (Lipinski definition) is 0. The highest BCUT2D eigenvalue weighted by Gasteiger charge is 2.50. The second-order valence-electron chi connectivity index (χ2n) is 14.0. The number of esters is 1. The minimum atomic E-state index is -1.14. The van der Waals surface area contributed by atoms with E-state index in [2.05, 4.69) is 0 Å². The van der Waals surface area contributed by atoms with Crippen molar-refractivity contribution in [2.24, 2.45) is 0 Å². The fraction of sp³-hybridized carbons (Fsp3) is 0.271. The average Bonchev–Trinajstić information content (AvgIpc) is 3.25. The molecule has 0 radical (unpaired) electrons. The summed E-state index contributed by atoms with van der Waals surface area (Å²) in [7, 11) is 1.65. The molecule has 0 bridgehead atoms. The van der Waals surface area contributed by atoms with Crippen LogP contribution in [0.15, 0.2) is 158 Å². The molecule has 6 aromatic carbocycles. The van der Waals surface area contributed by atoms with Crippen LogP contribution in [0.1, 0.15) is 40.7 Å². The zero-order valence-corrected chi connectivity index (χ0v) is 31.8. The van der Waals surface area contributed by atoms with E-state index in [9.17, 15) is 4.79 Å². The maximum atomic E-state index is 14.2. The van der Waals surface area contributed by atoms with Crippen molar-refractivity contribution in [3.8, 4) is 5.75 Å². The summed E-state index contributed by atoms with van der Waals surface area (Å²) >= 11 is 0. The van der Waals surface area contributed by atoms with Gasteiger partial charge in [-0.15, -0.1) is 0 Å². The van der Waals surface area contributed by atoms with E-state index < -0.39 is 42.6 Å². The zero-order valence-electron chi connectivity index (χ0n) is 31.8. The van der Waals surface area contributed by atoms with Gasteiger partial charge in [0, 0.05) is 0 Å². The second-order valence-corrected chi connectivity index (χ2v) is 14.0. The molecule has 0 aliphatic carbocycles. The molecular formula is C48H48O8. The third kappa shape index (κ3) is 10.3. The molecule has 8 nitrogen and oxygen atoms in total. The van der Waals surface area contributed by atoms with Gasteiger partial charge in [0.2, 0.25) is 6.29 Å². The molecule has 0 aromatic heterocycles. The van der Waals surface area contributed by atoms with E-state index in [0.29, 0.717) is 13.2 Å². The lowest BCUT2D eigenvalue weighted by atomic mass is 9.96. The zero-order chi connectivity index (χ0) is 38.5. The molecule has 0 N–H and O–H groups in total.